The van der Waals surface area contributed by atoms with Crippen LogP contribution < -0.4 is 10.1 Å². The Kier molecular flexibility index (Phi) is 4.29. The van der Waals surface area contributed by atoms with Gasteiger partial charge in [-0.05, 0) is 35.6 Å². The average molecular weight is 391 g/mol. The van der Waals surface area contributed by atoms with E-state index in [0.717, 1.165) is 23.2 Å². The molecule has 1 aliphatic carbocycles. The average Bonchev–Trinajstić information content (AvgIpc) is 3.10. The first-order chi connectivity index (χ1) is 12.5. The molecule has 2 aromatic rings. The van der Waals surface area contributed by atoms with Crippen molar-refractivity contribution in [2.24, 2.45) is 5.92 Å². The van der Waals surface area contributed by atoms with Gasteiger partial charge < -0.3 is 10.1 Å². The lowest BCUT2D eigenvalue weighted by Crippen LogP contribution is -2.29. The van der Waals surface area contributed by atoms with E-state index in [0.29, 0.717) is 15.8 Å². The second-order valence-corrected chi connectivity index (χ2v) is 7.35. The number of hydrogen-bond acceptors (Lipinski definition) is 4. The molecule has 5 nitrogen and oxygen atoms in total. The topological polar surface area (TPSA) is 64.4 Å². The van der Waals surface area contributed by atoms with Crippen LogP contribution in [0.3, 0.4) is 0 Å². The third kappa shape index (κ3) is 2.72. The molecule has 3 atom stereocenters. The van der Waals surface area contributed by atoms with Gasteiger partial charge in [0.1, 0.15) is 5.75 Å². The summed E-state index contributed by atoms with van der Waals surface area (Å²) in [5, 5.41) is 16.0. The first-order valence-electron chi connectivity index (χ1n) is 8.24. The molecule has 1 unspecified atom stereocenters. The van der Waals surface area contributed by atoms with Gasteiger partial charge in [-0.2, -0.15) is 0 Å². The maximum atomic E-state index is 11.3. The van der Waals surface area contributed by atoms with Crippen molar-refractivity contribution < 1.29 is 9.66 Å². The van der Waals surface area contributed by atoms with E-state index < -0.39 is 4.92 Å². The van der Waals surface area contributed by atoms with Crippen molar-refractivity contribution in [3.05, 3.63) is 73.8 Å². The third-order valence-electron chi connectivity index (χ3n) is 5.15. The number of nitrogens with zero attached hydrogens (tertiary/aromatic N) is 1. The lowest BCUT2D eigenvalue weighted by Gasteiger charge is -2.38. The van der Waals surface area contributed by atoms with Crippen LogP contribution >= 0.6 is 23.2 Å². The number of nitrogens with one attached hydrogen (secondary N) is 1. The van der Waals surface area contributed by atoms with E-state index in [1.54, 1.807) is 12.1 Å². The molecule has 0 saturated carbocycles. The van der Waals surface area contributed by atoms with E-state index >= 15 is 0 Å². The van der Waals surface area contributed by atoms with E-state index in [2.05, 4.69) is 17.5 Å². The number of halogens is 2. The molecule has 2 aliphatic rings. The number of benzene rings is 2. The second-order valence-electron chi connectivity index (χ2n) is 6.51. The van der Waals surface area contributed by atoms with Crippen molar-refractivity contribution in [3.8, 4) is 5.75 Å². The molecule has 134 valence electrons. The normalized spacial score (nSPS) is 23.1. The lowest BCUT2D eigenvalue weighted by molar-refractivity contribution is -0.385. The monoisotopic (exact) mass is 390 g/mol. The zero-order chi connectivity index (χ0) is 18.4. The third-order valence-corrected chi connectivity index (χ3v) is 5.71. The van der Waals surface area contributed by atoms with Crippen LogP contribution in [0.4, 0.5) is 11.4 Å². The van der Waals surface area contributed by atoms with Gasteiger partial charge in [0.05, 0.1) is 29.8 Å². The first-order valence-corrected chi connectivity index (χ1v) is 8.99. The number of anilines is 1. The number of hydrogen-bond donors (Lipinski definition) is 1. The number of nitro groups is 1. The minimum Gasteiger partial charge on any atom is -0.494 e. The Labute approximate surface area is 160 Å². The Balaban J connectivity index is 1.86. The number of nitro benzene ring substituents is 1. The Morgan fingerprint density at radius 3 is 2.73 bits per heavy atom. The molecular formula is C19H16Cl2N2O3. The molecule has 0 aromatic heterocycles. The van der Waals surface area contributed by atoms with E-state index in [1.165, 1.54) is 13.2 Å². The number of fused-ring (bicyclic) bond motifs is 3. The first kappa shape index (κ1) is 17.2. The molecule has 1 heterocycles. The summed E-state index contributed by atoms with van der Waals surface area (Å²) in [6.07, 6.45) is 5.10. The summed E-state index contributed by atoms with van der Waals surface area (Å²) in [5.41, 5.74) is 2.66. The van der Waals surface area contributed by atoms with Crippen LogP contribution in [0.1, 0.15) is 29.5 Å². The Bertz CT molecular complexity index is 929. The van der Waals surface area contributed by atoms with Gasteiger partial charge in [0.15, 0.2) is 0 Å². The smallest absolute Gasteiger partial charge is 0.273 e. The molecule has 0 spiro atoms. The quantitative estimate of drug-likeness (QED) is 0.412. The maximum Gasteiger partial charge on any atom is 0.273 e. The van der Waals surface area contributed by atoms with Gasteiger partial charge in [-0.15, -0.1) is 0 Å². The summed E-state index contributed by atoms with van der Waals surface area (Å²) >= 11 is 12.5. The molecule has 0 fully saturated rings. The van der Waals surface area contributed by atoms with E-state index in [9.17, 15) is 10.1 Å². The van der Waals surface area contributed by atoms with Crippen molar-refractivity contribution >= 4 is 34.6 Å². The van der Waals surface area contributed by atoms with Crippen LogP contribution in [-0.4, -0.2) is 12.0 Å². The molecule has 0 amide bonds. The number of rotatable bonds is 3. The minimum atomic E-state index is -0.390. The van der Waals surface area contributed by atoms with Gasteiger partial charge in [-0.1, -0.05) is 41.4 Å². The fraction of sp³-hybridized carbons (Fsp3) is 0.263. The molecular weight excluding hydrogens is 375 g/mol. The summed E-state index contributed by atoms with van der Waals surface area (Å²) in [6.45, 7) is 0. The lowest BCUT2D eigenvalue weighted by atomic mass is 9.76. The van der Waals surface area contributed by atoms with Crippen LogP contribution in [0.15, 0.2) is 42.5 Å². The number of non-ortho nitro benzene ring substituents is 1. The SMILES string of the molecule is COc1cc([N+](=O)[O-])cc2c1NC(c1ccc(Cl)cc1Cl)[C@H]1CC=C[C@@H]21. The minimum absolute atomic E-state index is 0.0319. The molecule has 1 N–H and O–H groups in total. The highest BCUT2D eigenvalue weighted by molar-refractivity contribution is 6.35. The van der Waals surface area contributed by atoms with Gasteiger partial charge in [-0.25, -0.2) is 0 Å². The Morgan fingerprint density at radius 2 is 2.04 bits per heavy atom. The molecule has 0 saturated heterocycles. The number of methoxy groups -OCH3 is 1. The van der Waals surface area contributed by atoms with Crippen molar-refractivity contribution in [1.29, 1.82) is 0 Å². The predicted octanol–water partition coefficient (Wildman–Crippen LogP) is 5.74. The summed E-state index contributed by atoms with van der Waals surface area (Å²) in [4.78, 5) is 10.9. The van der Waals surface area contributed by atoms with Crippen LogP contribution in [0.2, 0.25) is 10.0 Å². The highest BCUT2D eigenvalue weighted by Gasteiger charge is 2.40. The number of allylic oxidation sites excluding steroid dienone is 2. The van der Waals surface area contributed by atoms with Crippen molar-refractivity contribution in [3.63, 3.8) is 0 Å². The van der Waals surface area contributed by atoms with Crippen molar-refractivity contribution in [2.75, 3.05) is 12.4 Å². The molecule has 1 aliphatic heterocycles. The van der Waals surface area contributed by atoms with E-state index in [-0.39, 0.29) is 23.6 Å². The van der Waals surface area contributed by atoms with Crippen LogP contribution in [0.5, 0.6) is 5.75 Å². The zero-order valence-corrected chi connectivity index (χ0v) is 15.4. The highest BCUT2D eigenvalue weighted by atomic mass is 35.5. The fourth-order valence-electron chi connectivity index (χ4n) is 3.98. The van der Waals surface area contributed by atoms with Crippen LogP contribution in [0, 0.1) is 16.0 Å². The summed E-state index contributed by atoms with van der Waals surface area (Å²) in [7, 11) is 1.52. The fourth-order valence-corrected chi connectivity index (χ4v) is 4.51. The molecule has 7 heteroatoms. The summed E-state index contributed by atoms with van der Waals surface area (Å²) in [6, 6.07) is 8.54. The van der Waals surface area contributed by atoms with Crippen LogP contribution in [-0.2, 0) is 0 Å². The van der Waals surface area contributed by atoms with Gasteiger partial charge in [0.25, 0.3) is 5.69 Å². The molecule has 2 aromatic carbocycles. The zero-order valence-electron chi connectivity index (χ0n) is 13.9. The molecule has 26 heavy (non-hydrogen) atoms. The number of ether oxygens (including phenoxy) is 1. The largest absolute Gasteiger partial charge is 0.494 e. The predicted molar refractivity (Wildman–Crippen MR) is 102 cm³/mol. The van der Waals surface area contributed by atoms with E-state index in [1.807, 2.05) is 12.1 Å². The van der Waals surface area contributed by atoms with Gasteiger partial charge in [0, 0.05) is 22.0 Å². The highest BCUT2D eigenvalue weighted by Crippen LogP contribution is 2.54. The summed E-state index contributed by atoms with van der Waals surface area (Å²) in [5.74, 6) is 0.743. The summed E-state index contributed by atoms with van der Waals surface area (Å²) < 4.78 is 5.44. The maximum absolute atomic E-state index is 11.3. The molecule has 4 rings (SSSR count). The van der Waals surface area contributed by atoms with Crippen molar-refractivity contribution in [1.82, 2.24) is 0 Å². The Morgan fingerprint density at radius 1 is 1.23 bits per heavy atom. The van der Waals surface area contributed by atoms with Crippen molar-refractivity contribution in [2.45, 2.75) is 18.4 Å². The van der Waals surface area contributed by atoms with Gasteiger partial charge in [-0.3, -0.25) is 10.1 Å². The van der Waals surface area contributed by atoms with E-state index in [4.69, 9.17) is 27.9 Å². The Hall–Kier alpha value is -2.24. The standard InChI is InChI=1S/C19H16Cl2N2O3/c1-26-17-9-11(23(24)25)8-15-12-3-2-4-13(12)18(22-19(15)17)14-6-5-10(20)7-16(14)21/h2-3,5-9,12-13,18,22H,4H2,1H3/t12-,13+,18?/m1/s1. The van der Waals surface area contributed by atoms with Gasteiger partial charge in [0.2, 0.25) is 0 Å². The van der Waals surface area contributed by atoms with Gasteiger partial charge >= 0.3 is 0 Å². The van der Waals surface area contributed by atoms with Crippen LogP contribution in [0.25, 0.3) is 0 Å². The molecule has 0 bridgehead atoms. The molecule has 0 radical (unpaired) electrons. The second kappa shape index (κ2) is 6.49.